The maximum absolute atomic E-state index is 4.35. The normalized spacial score (nSPS) is 19.4. The monoisotopic (exact) mass is 232 g/mol. The average Bonchev–Trinajstić information content (AvgIpc) is 2.83. The Labute approximate surface area is 99.7 Å². The van der Waals surface area contributed by atoms with Crippen LogP contribution in [0.25, 0.3) is 11.5 Å². The molecule has 1 N–H and O–H groups in total. The summed E-state index contributed by atoms with van der Waals surface area (Å²) in [6, 6.07) is 2.31. The van der Waals surface area contributed by atoms with Crippen LogP contribution in [0.1, 0.15) is 24.5 Å². The van der Waals surface area contributed by atoms with Gasteiger partial charge in [0.15, 0.2) is 5.82 Å². The molecule has 0 aromatic carbocycles. The summed E-state index contributed by atoms with van der Waals surface area (Å²) in [7, 11) is 1.94. The summed E-state index contributed by atoms with van der Waals surface area (Å²) in [6.07, 6.45) is 0. The second kappa shape index (κ2) is 3.66. The lowest BCUT2D eigenvalue weighted by Gasteiger charge is -2.21. The van der Waals surface area contributed by atoms with E-state index in [9.17, 15) is 0 Å². The largest absolute Gasteiger partial charge is 0.307 e. The van der Waals surface area contributed by atoms with Crippen LogP contribution < -0.4 is 5.32 Å². The van der Waals surface area contributed by atoms with Crippen LogP contribution in [0.4, 0.5) is 0 Å². The number of fused-ring (bicyclic) bond motifs is 1. The maximum atomic E-state index is 4.35. The van der Waals surface area contributed by atoms with Gasteiger partial charge in [0.05, 0.1) is 11.7 Å². The first-order valence-electron chi connectivity index (χ1n) is 5.84. The standard InChI is InChI=1S/C11H16N6/c1-7-6-9(16(3)15-7)11-14-13-10-8(2)12-4-5-17(10)11/h6,8,12H,4-5H2,1-3H3/t8-/m0/s1. The van der Waals surface area contributed by atoms with Crippen LogP contribution in [0.3, 0.4) is 0 Å². The van der Waals surface area contributed by atoms with Crippen molar-refractivity contribution in [1.82, 2.24) is 29.9 Å². The lowest BCUT2D eigenvalue weighted by Crippen LogP contribution is -2.32. The van der Waals surface area contributed by atoms with E-state index in [2.05, 4.69) is 32.1 Å². The third-order valence-corrected chi connectivity index (χ3v) is 3.18. The first kappa shape index (κ1) is 10.5. The molecule has 3 heterocycles. The molecule has 0 saturated heterocycles. The van der Waals surface area contributed by atoms with Gasteiger partial charge in [-0.05, 0) is 19.9 Å². The summed E-state index contributed by atoms with van der Waals surface area (Å²) < 4.78 is 4.04. The van der Waals surface area contributed by atoms with E-state index in [-0.39, 0.29) is 6.04 Å². The smallest absolute Gasteiger partial charge is 0.182 e. The van der Waals surface area contributed by atoms with Gasteiger partial charge < -0.3 is 9.88 Å². The minimum atomic E-state index is 0.263. The Morgan fingerprint density at radius 3 is 2.94 bits per heavy atom. The van der Waals surface area contributed by atoms with E-state index in [1.807, 2.05) is 24.7 Å². The van der Waals surface area contributed by atoms with Gasteiger partial charge in [0, 0.05) is 20.1 Å². The zero-order chi connectivity index (χ0) is 12.0. The minimum absolute atomic E-state index is 0.263. The number of hydrogen-bond acceptors (Lipinski definition) is 4. The Morgan fingerprint density at radius 2 is 2.24 bits per heavy atom. The second-order valence-corrected chi connectivity index (χ2v) is 4.50. The third-order valence-electron chi connectivity index (χ3n) is 3.18. The van der Waals surface area contributed by atoms with Gasteiger partial charge in [-0.2, -0.15) is 5.10 Å². The van der Waals surface area contributed by atoms with Crippen LogP contribution in [-0.2, 0) is 13.6 Å². The van der Waals surface area contributed by atoms with Crippen molar-refractivity contribution in [3.63, 3.8) is 0 Å². The Kier molecular flexibility index (Phi) is 2.25. The molecule has 1 aliphatic rings. The highest BCUT2D eigenvalue weighted by Gasteiger charge is 2.23. The SMILES string of the molecule is Cc1cc(-c2nnc3n2CCN[C@H]3C)n(C)n1. The first-order valence-corrected chi connectivity index (χ1v) is 5.84. The van der Waals surface area contributed by atoms with Gasteiger partial charge in [-0.1, -0.05) is 0 Å². The van der Waals surface area contributed by atoms with Crippen molar-refractivity contribution in [2.24, 2.45) is 7.05 Å². The summed E-state index contributed by atoms with van der Waals surface area (Å²) in [5.41, 5.74) is 2.03. The quantitative estimate of drug-likeness (QED) is 0.784. The van der Waals surface area contributed by atoms with Gasteiger partial charge in [0.2, 0.25) is 0 Å². The fourth-order valence-electron chi connectivity index (χ4n) is 2.35. The van der Waals surface area contributed by atoms with Gasteiger partial charge in [-0.25, -0.2) is 0 Å². The van der Waals surface area contributed by atoms with E-state index in [4.69, 9.17) is 0 Å². The molecule has 1 aliphatic heterocycles. The molecule has 2 aromatic rings. The van der Waals surface area contributed by atoms with E-state index >= 15 is 0 Å². The molecule has 0 bridgehead atoms. The second-order valence-electron chi connectivity index (χ2n) is 4.50. The van der Waals surface area contributed by atoms with E-state index < -0.39 is 0 Å². The molecule has 1 atom stereocenters. The van der Waals surface area contributed by atoms with Crippen LogP contribution in [0.5, 0.6) is 0 Å². The Morgan fingerprint density at radius 1 is 1.41 bits per heavy atom. The molecule has 90 valence electrons. The first-order chi connectivity index (χ1) is 8.16. The number of rotatable bonds is 1. The third kappa shape index (κ3) is 1.56. The van der Waals surface area contributed by atoms with Gasteiger partial charge in [-0.15, -0.1) is 10.2 Å². The summed E-state index contributed by atoms with van der Waals surface area (Å²) in [6.45, 7) is 5.96. The molecule has 0 fully saturated rings. The highest BCUT2D eigenvalue weighted by Crippen LogP contribution is 2.23. The average molecular weight is 232 g/mol. The van der Waals surface area contributed by atoms with Crippen molar-refractivity contribution < 1.29 is 0 Å². The number of nitrogens with one attached hydrogen (secondary N) is 1. The van der Waals surface area contributed by atoms with E-state index in [1.165, 1.54) is 0 Å². The highest BCUT2D eigenvalue weighted by molar-refractivity contribution is 5.51. The van der Waals surface area contributed by atoms with Crippen molar-refractivity contribution in [3.8, 4) is 11.5 Å². The molecule has 6 heteroatoms. The van der Waals surface area contributed by atoms with Gasteiger partial charge in [0.1, 0.15) is 11.5 Å². The number of aryl methyl sites for hydroxylation is 2. The fourth-order valence-corrected chi connectivity index (χ4v) is 2.35. The molecule has 0 aliphatic carbocycles. The lowest BCUT2D eigenvalue weighted by molar-refractivity contribution is 0.438. The number of aromatic nitrogens is 5. The molecule has 2 aromatic heterocycles. The molecule has 0 unspecified atom stereocenters. The van der Waals surface area contributed by atoms with Gasteiger partial charge >= 0.3 is 0 Å². The summed E-state index contributed by atoms with van der Waals surface area (Å²) in [4.78, 5) is 0. The summed E-state index contributed by atoms with van der Waals surface area (Å²) in [5.74, 6) is 1.92. The zero-order valence-electron chi connectivity index (χ0n) is 10.3. The van der Waals surface area contributed by atoms with Crippen molar-refractivity contribution in [2.75, 3.05) is 6.54 Å². The van der Waals surface area contributed by atoms with Crippen LogP contribution in [0.15, 0.2) is 6.07 Å². The van der Waals surface area contributed by atoms with E-state index in [1.54, 1.807) is 0 Å². The molecule has 3 rings (SSSR count). The predicted molar refractivity (Wildman–Crippen MR) is 63.4 cm³/mol. The van der Waals surface area contributed by atoms with E-state index in [0.29, 0.717) is 0 Å². The van der Waals surface area contributed by atoms with Crippen LogP contribution in [0.2, 0.25) is 0 Å². The van der Waals surface area contributed by atoms with Crippen LogP contribution in [-0.4, -0.2) is 31.1 Å². The van der Waals surface area contributed by atoms with Crippen molar-refractivity contribution in [1.29, 1.82) is 0 Å². The van der Waals surface area contributed by atoms with Crippen LogP contribution >= 0.6 is 0 Å². The van der Waals surface area contributed by atoms with Gasteiger partial charge in [-0.3, -0.25) is 4.68 Å². The lowest BCUT2D eigenvalue weighted by atomic mass is 10.2. The molecule has 0 amide bonds. The summed E-state index contributed by atoms with van der Waals surface area (Å²) >= 11 is 0. The Hall–Kier alpha value is -1.69. The highest BCUT2D eigenvalue weighted by atomic mass is 15.3. The van der Waals surface area contributed by atoms with Gasteiger partial charge in [0.25, 0.3) is 0 Å². The molecule has 17 heavy (non-hydrogen) atoms. The Bertz CT molecular complexity index is 552. The summed E-state index contributed by atoms with van der Waals surface area (Å²) in [5, 5.41) is 16.3. The fraction of sp³-hybridized carbons (Fsp3) is 0.545. The van der Waals surface area contributed by atoms with Crippen molar-refractivity contribution in [3.05, 3.63) is 17.6 Å². The van der Waals surface area contributed by atoms with Crippen molar-refractivity contribution >= 4 is 0 Å². The number of nitrogens with zero attached hydrogens (tertiary/aromatic N) is 5. The maximum Gasteiger partial charge on any atom is 0.182 e. The molecule has 0 spiro atoms. The number of hydrogen-bond donors (Lipinski definition) is 1. The van der Waals surface area contributed by atoms with E-state index in [0.717, 1.165) is 36.1 Å². The Balaban J connectivity index is 2.13. The molecule has 6 nitrogen and oxygen atoms in total. The minimum Gasteiger partial charge on any atom is -0.307 e. The molecular weight excluding hydrogens is 216 g/mol. The molecule has 0 radical (unpaired) electrons. The molecular formula is C11H16N6. The van der Waals surface area contributed by atoms with Crippen LogP contribution in [0, 0.1) is 6.92 Å². The zero-order valence-corrected chi connectivity index (χ0v) is 10.3. The topological polar surface area (TPSA) is 60.6 Å². The predicted octanol–water partition coefficient (Wildman–Crippen LogP) is 0.651. The van der Waals surface area contributed by atoms with Crippen molar-refractivity contribution in [2.45, 2.75) is 26.4 Å². The molecule has 0 saturated carbocycles.